The maximum absolute atomic E-state index is 8.74. The van der Waals surface area contributed by atoms with Gasteiger partial charge in [0.25, 0.3) is 0 Å². The summed E-state index contributed by atoms with van der Waals surface area (Å²) < 4.78 is 9.26. The van der Waals surface area contributed by atoms with Crippen LogP contribution in [0.15, 0.2) is 0 Å². The van der Waals surface area contributed by atoms with Crippen LogP contribution in [0, 0.1) is 14.9 Å². The topological polar surface area (TPSA) is 58.9 Å². The van der Waals surface area contributed by atoms with Gasteiger partial charge in [0.15, 0.2) is 0 Å². The Morgan fingerprint density at radius 3 is 0.800 bits per heavy atom. The molecule has 0 aliphatic heterocycles. The zero-order valence-electron chi connectivity index (χ0n) is 11.2. The molecule has 0 atom stereocenters. The van der Waals surface area contributed by atoms with E-state index >= 15 is 0 Å². The maximum Gasteiger partial charge on any atom is 2.00 e. The smallest absolute Gasteiger partial charge is 0.411 e. The summed E-state index contributed by atoms with van der Waals surface area (Å²) in [4.78, 5) is 17.5. The molecule has 0 aromatic heterocycles. The van der Waals surface area contributed by atoms with Crippen LogP contribution in [0.1, 0.15) is 0 Å². The minimum absolute atomic E-state index is 0. The zero-order chi connectivity index (χ0) is 10.4. The van der Waals surface area contributed by atoms with Crippen LogP contribution >= 0.6 is 0 Å². The molecule has 0 fully saturated rings. The Bertz CT molecular complexity index is 98.2. The van der Waals surface area contributed by atoms with Crippen LogP contribution in [-0.2, 0) is 35.1 Å². The van der Waals surface area contributed by atoms with Crippen molar-refractivity contribution >= 4 is 17.1 Å². The largest absolute Gasteiger partial charge is 2.00 e. The van der Waals surface area contributed by atoms with Crippen LogP contribution in [0.5, 0.6) is 0 Å². The molecule has 94 valence electrons. The summed E-state index contributed by atoms with van der Waals surface area (Å²) in [7, 11) is -1.22. The summed E-state index contributed by atoms with van der Waals surface area (Å²) in [5.74, 6) is 0. The molecule has 0 spiro atoms. The minimum atomic E-state index is -2.13. The molecule has 0 bridgehead atoms. The van der Waals surface area contributed by atoms with Crippen molar-refractivity contribution in [2.24, 2.45) is 0 Å². The summed E-state index contributed by atoms with van der Waals surface area (Å²) in [6.45, 7) is 6.86. The number of hydrogen-bond acceptors (Lipinski definition) is 4. The summed E-state index contributed by atoms with van der Waals surface area (Å²) >= 11 is 0. The summed E-state index contributed by atoms with van der Waals surface area (Å²) in [6, 6.07) is 0. The van der Waals surface area contributed by atoms with Gasteiger partial charge >= 0.3 is 43.3 Å². The Morgan fingerprint density at radius 1 is 0.733 bits per heavy atom. The van der Waals surface area contributed by atoms with E-state index in [1.54, 1.807) is 26.2 Å². The van der Waals surface area contributed by atoms with E-state index in [2.05, 4.69) is 8.85 Å². The molecule has 0 aliphatic rings. The molecule has 15 heavy (non-hydrogen) atoms. The molecular weight excluding hydrogens is 307 g/mol. The monoisotopic (exact) mass is 332 g/mol. The van der Waals surface area contributed by atoms with Gasteiger partial charge in [0.05, 0.1) is 0 Å². The Kier molecular flexibility index (Phi) is 26.3. The van der Waals surface area contributed by atoms with E-state index in [0.717, 1.165) is 0 Å². The first-order chi connectivity index (χ1) is 5.12. The fourth-order valence-corrected chi connectivity index (χ4v) is 0. The molecule has 2 N–H and O–H groups in total. The summed E-state index contributed by atoms with van der Waals surface area (Å²) in [5, 5.41) is 0. The van der Waals surface area contributed by atoms with Crippen molar-refractivity contribution in [2.75, 3.05) is 14.2 Å². The predicted molar refractivity (Wildman–Crippen MR) is 66.2 cm³/mol. The molecule has 0 aromatic carbocycles. The van der Waals surface area contributed by atoms with Crippen LogP contribution in [0.25, 0.3) is 0 Å². The predicted octanol–water partition coefficient (Wildman–Crippen LogP) is 1.55. The molecule has 0 aliphatic carbocycles. The van der Waals surface area contributed by atoms with E-state index in [1.807, 2.05) is 0 Å². The maximum atomic E-state index is 8.74. The van der Waals surface area contributed by atoms with Crippen molar-refractivity contribution in [1.29, 1.82) is 0 Å². The molecule has 0 saturated carbocycles. The van der Waals surface area contributed by atoms with Crippen molar-refractivity contribution < 1.29 is 44.6 Å². The third kappa shape index (κ3) is 51.2. The van der Waals surface area contributed by atoms with Crippen LogP contribution in [-0.4, -0.2) is 40.9 Å². The molecule has 0 amide bonds. The van der Waals surface area contributed by atoms with Gasteiger partial charge in [-0.3, -0.25) is 0 Å². The van der Waals surface area contributed by atoms with Crippen molar-refractivity contribution in [3.8, 4) is 0 Å². The average Bonchev–Trinajstić information content (AvgIpc) is 1.86. The van der Waals surface area contributed by atoms with Gasteiger partial charge in [-0.05, 0) is 26.2 Å². The first-order valence-corrected chi connectivity index (χ1v) is 9.38. The normalized spacial score (nSPS) is 9.60. The van der Waals surface area contributed by atoms with E-state index in [4.69, 9.17) is 9.59 Å². The second kappa shape index (κ2) is 13.2. The Morgan fingerprint density at radius 2 is 0.800 bits per heavy atom. The van der Waals surface area contributed by atoms with Gasteiger partial charge in [0.1, 0.15) is 0 Å². The van der Waals surface area contributed by atoms with Crippen molar-refractivity contribution in [3.63, 3.8) is 0 Å². The Hall–Kier alpha value is 1.16. The van der Waals surface area contributed by atoms with Crippen molar-refractivity contribution in [2.45, 2.75) is 26.2 Å². The molecule has 0 rings (SSSR count). The molecule has 0 unspecified atom stereocenters. The van der Waals surface area contributed by atoms with Gasteiger partial charge in [-0.1, -0.05) is 0 Å². The van der Waals surface area contributed by atoms with Crippen LogP contribution < -0.4 is 0 Å². The number of rotatable bonds is 2. The fraction of sp³-hybridized carbons (Fsp3) is 0.750. The summed E-state index contributed by atoms with van der Waals surface area (Å²) in [6.07, 6.45) is 0. The van der Waals surface area contributed by atoms with Crippen molar-refractivity contribution in [1.82, 2.24) is 0 Å². The second-order valence-electron chi connectivity index (χ2n) is 3.30. The first-order valence-electron chi connectivity index (χ1n) is 3.67. The van der Waals surface area contributed by atoms with E-state index in [1.165, 1.54) is 14.2 Å². The SMILES string of the molecule is CO[Si](C)(C)O.CO[Si](C)(C)O.[CH3-].[CH3-].[Zr+2]. The minimum Gasteiger partial charge on any atom is -0.411 e. The quantitative estimate of drug-likeness (QED) is 0.595. The molecular formula is C8H26O4Si2Zr. The first kappa shape index (κ1) is 29.8. The molecule has 0 aromatic rings. The van der Waals surface area contributed by atoms with Gasteiger partial charge < -0.3 is 33.3 Å². The van der Waals surface area contributed by atoms with Crippen molar-refractivity contribution in [3.05, 3.63) is 14.9 Å². The van der Waals surface area contributed by atoms with Gasteiger partial charge in [-0.25, -0.2) is 0 Å². The Balaban J connectivity index is -0.0000000370. The third-order valence-corrected chi connectivity index (χ3v) is 3.00. The second-order valence-corrected chi connectivity index (χ2v) is 9.91. The zero-order valence-corrected chi connectivity index (χ0v) is 15.7. The third-order valence-electron chi connectivity index (χ3n) is 0.999. The van der Waals surface area contributed by atoms with Gasteiger partial charge in [-0.2, -0.15) is 0 Å². The van der Waals surface area contributed by atoms with Gasteiger partial charge in [0, 0.05) is 14.2 Å². The summed E-state index contributed by atoms with van der Waals surface area (Å²) in [5.41, 5.74) is 0. The Labute approximate surface area is 117 Å². The van der Waals surface area contributed by atoms with E-state index < -0.39 is 17.1 Å². The fourth-order valence-electron chi connectivity index (χ4n) is 0. The van der Waals surface area contributed by atoms with E-state index in [-0.39, 0.29) is 41.1 Å². The van der Waals surface area contributed by atoms with Crippen LogP contribution in [0.2, 0.25) is 26.2 Å². The molecule has 4 nitrogen and oxygen atoms in total. The van der Waals surface area contributed by atoms with Crippen LogP contribution in [0.4, 0.5) is 0 Å². The van der Waals surface area contributed by atoms with E-state index in [0.29, 0.717) is 0 Å². The average molecular weight is 334 g/mol. The molecule has 0 heterocycles. The van der Waals surface area contributed by atoms with E-state index in [9.17, 15) is 0 Å². The molecule has 0 radical (unpaired) electrons. The standard InChI is InChI=1S/2C3H10O2Si.2CH3.Zr/c2*1-5-6(2,3)4;;;/h2*4H,1-3H3;2*1H3;/q;;2*-1;+2. The van der Waals surface area contributed by atoms with Gasteiger partial charge in [0.2, 0.25) is 0 Å². The molecule has 0 saturated heterocycles. The van der Waals surface area contributed by atoms with Gasteiger partial charge in [-0.15, -0.1) is 0 Å². The number of hydrogen-bond donors (Lipinski definition) is 2. The molecule has 7 heteroatoms. The van der Waals surface area contributed by atoms with Crippen LogP contribution in [0.3, 0.4) is 0 Å².